The van der Waals surface area contributed by atoms with E-state index in [2.05, 4.69) is 30.2 Å². The number of guanidine groups is 1. The highest BCUT2D eigenvalue weighted by atomic mass is 16.5. The first kappa shape index (κ1) is 19.6. The lowest BCUT2D eigenvalue weighted by Crippen LogP contribution is -2.54. The molecular weight excluding hydrogens is 346 g/mol. The molecule has 27 heavy (non-hydrogen) atoms. The molecule has 0 radical (unpaired) electrons. The first-order valence-electron chi connectivity index (χ1n) is 9.71. The molecular formula is C18H31N7O2. The Morgan fingerprint density at radius 2 is 1.78 bits per heavy atom. The number of carbonyl (C=O) groups excluding carboxylic acids is 1. The van der Waals surface area contributed by atoms with Crippen molar-refractivity contribution in [3.63, 3.8) is 0 Å². The van der Waals surface area contributed by atoms with Crippen LogP contribution in [0.25, 0.3) is 0 Å². The molecule has 9 heteroatoms. The van der Waals surface area contributed by atoms with Crippen LogP contribution in [0.15, 0.2) is 21.8 Å². The predicted octanol–water partition coefficient (Wildman–Crippen LogP) is -0.468. The van der Waals surface area contributed by atoms with Crippen LogP contribution in [0.2, 0.25) is 0 Å². The van der Waals surface area contributed by atoms with Crippen LogP contribution >= 0.6 is 0 Å². The van der Waals surface area contributed by atoms with E-state index in [1.807, 2.05) is 18.0 Å². The Hall–Kier alpha value is -2.13. The molecule has 0 atom stereocenters. The minimum atomic E-state index is 0.177. The first-order chi connectivity index (χ1) is 13.2. The standard InChI is InChI=1S/C18H31N7O2/c1-16(26)24-10-6-22(7-11-24)5-4-20-18(19-2)25-12-8-23(9-13-25)15-17-3-14-27-21-17/h3,14H,4-13,15H2,1-2H3,(H,19,20). The Kier molecular flexibility index (Phi) is 7.05. The van der Waals surface area contributed by atoms with Gasteiger partial charge in [0.05, 0.1) is 5.69 Å². The molecule has 0 bridgehead atoms. The van der Waals surface area contributed by atoms with E-state index in [4.69, 9.17) is 4.52 Å². The molecule has 0 spiro atoms. The summed E-state index contributed by atoms with van der Waals surface area (Å²) in [5, 5.41) is 7.48. The zero-order valence-electron chi connectivity index (χ0n) is 16.4. The zero-order chi connectivity index (χ0) is 19.1. The van der Waals surface area contributed by atoms with Gasteiger partial charge in [-0.3, -0.25) is 19.6 Å². The molecule has 0 saturated carbocycles. The van der Waals surface area contributed by atoms with Gasteiger partial charge in [0.1, 0.15) is 6.26 Å². The van der Waals surface area contributed by atoms with Gasteiger partial charge in [0, 0.05) is 92.0 Å². The summed E-state index contributed by atoms with van der Waals surface area (Å²) in [7, 11) is 1.84. The van der Waals surface area contributed by atoms with Crippen molar-refractivity contribution in [3.05, 3.63) is 18.0 Å². The molecule has 0 aromatic carbocycles. The van der Waals surface area contributed by atoms with Crippen molar-refractivity contribution >= 4 is 11.9 Å². The van der Waals surface area contributed by atoms with E-state index in [0.717, 1.165) is 83.6 Å². The average molecular weight is 377 g/mol. The molecule has 150 valence electrons. The van der Waals surface area contributed by atoms with Gasteiger partial charge in [-0.1, -0.05) is 5.16 Å². The van der Waals surface area contributed by atoms with Gasteiger partial charge in [-0.25, -0.2) is 0 Å². The number of hydrogen-bond acceptors (Lipinski definition) is 6. The summed E-state index contributed by atoms with van der Waals surface area (Å²) < 4.78 is 4.91. The Labute approximate surface area is 161 Å². The maximum absolute atomic E-state index is 11.4. The fraction of sp³-hybridized carbons (Fsp3) is 0.722. The van der Waals surface area contributed by atoms with Gasteiger partial charge in [0.15, 0.2) is 5.96 Å². The van der Waals surface area contributed by atoms with E-state index in [1.165, 1.54) is 0 Å². The van der Waals surface area contributed by atoms with Crippen LogP contribution in [0.3, 0.4) is 0 Å². The quantitative estimate of drug-likeness (QED) is 0.549. The summed E-state index contributed by atoms with van der Waals surface area (Å²) in [6.45, 7) is 11.7. The maximum atomic E-state index is 11.4. The third-order valence-corrected chi connectivity index (χ3v) is 5.29. The third-order valence-electron chi connectivity index (χ3n) is 5.29. The number of rotatable bonds is 5. The van der Waals surface area contributed by atoms with Crippen LogP contribution in [-0.2, 0) is 11.3 Å². The zero-order valence-corrected chi connectivity index (χ0v) is 16.4. The predicted molar refractivity (Wildman–Crippen MR) is 103 cm³/mol. The van der Waals surface area contributed by atoms with Gasteiger partial charge < -0.3 is 19.6 Å². The normalized spacial score (nSPS) is 20.1. The summed E-state index contributed by atoms with van der Waals surface area (Å²) in [5.41, 5.74) is 0.982. The second-order valence-electron chi connectivity index (χ2n) is 7.08. The second-order valence-corrected chi connectivity index (χ2v) is 7.08. The number of nitrogens with one attached hydrogen (secondary N) is 1. The highest BCUT2D eigenvalue weighted by Crippen LogP contribution is 2.07. The van der Waals surface area contributed by atoms with E-state index >= 15 is 0 Å². The van der Waals surface area contributed by atoms with Crippen molar-refractivity contribution < 1.29 is 9.32 Å². The molecule has 1 N–H and O–H groups in total. The fourth-order valence-corrected chi connectivity index (χ4v) is 3.61. The van der Waals surface area contributed by atoms with Crippen LogP contribution < -0.4 is 5.32 Å². The second kappa shape index (κ2) is 9.70. The van der Waals surface area contributed by atoms with Gasteiger partial charge in [-0.2, -0.15) is 0 Å². The van der Waals surface area contributed by atoms with Crippen LogP contribution in [0.1, 0.15) is 12.6 Å². The van der Waals surface area contributed by atoms with E-state index in [9.17, 15) is 4.79 Å². The molecule has 2 aliphatic rings. The smallest absolute Gasteiger partial charge is 0.219 e. The molecule has 1 amide bonds. The van der Waals surface area contributed by atoms with Crippen molar-refractivity contribution in [3.8, 4) is 0 Å². The van der Waals surface area contributed by atoms with Gasteiger partial charge >= 0.3 is 0 Å². The molecule has 2 fully saturated rings. The first-order valence-corrected chi connectivity index (χ1v) is 9.71. The molecule has 0 aliphatic carbocycles. The number of nitrogens with zero attached hydrogens (tertiary/aromatic N) is 6. The van der Waals surface area contributed by atoms with E-state index < -0.39 is 0 Å². The molecule has 1 aromatic rings. The minimum absolute atomic E-state index is 0.177. The lowest BCUT2D eigenvalue weighted by Gasteiger charge is -2.37. The summed E-state index contributed by atoms with van der Waals surface area (Å²) >= 11 is 0. The number of amides is 1. The number of carbonyl (C=O) groups is 1. The highest BCUT2D eigenvalue weighted by molar-refractivity contribution is 5.80. The van der Waals surface area contributed by atoms with Crippen LogP contribution in [-0.4, -0.2) is 109 Å². The van der Waals surface area contributed by atoms with Crippen molar-refractivity contribution in [2.75, 3.05) is 72.5 Å². The average Bonchev–Trinajstić information content (AvgIpc) is 3.19. The molecule has 3 heterocycles. The summed E-state index contributed by atoms with van der Waals surface area (Å²) in [6.07, 6.45) is 1.62. The van der Waals surface area contributed by atoms with Gasteiger partial charge in [-0.15, -0.1) is 0 Å². The Balaban J connectivity index is 1.34. The molecule has 2 aliphatic heterocycles. The molecule has 0 unspecified atom stereocenters. The van der Waals surface area contributed by atoms with Gasteiger partial charge in [0.2, 0.25) is 5.91 Å². The summed E-state index contributed by atoms with van der Waals surface area (Å²) in [6, 6.07) is 1.92. The van der Waals surface area contributed by atoms with Crippen molar-refractivity contribution in [2.45, 2.75) is 13.5 Å². The van der Waals surface area contributed by atoms with Crippen LogP contribution in [0, 0.1) is 0 Å². The lowest BCUT2D eigenvalue weighted by atomic mass is 10.3. The maximum Gasteiger partial charge on any atom is 0.219 e. The largest absolute Gasteiger partial charge is 0.364 e. The fourth-order valence-electron chi connectivity index (χ4n) is 3.61. The van der Waals surface area contributed by atoms with Crippen molar-refractivity contribution in [2.24, 2.45) is 4.99 Å². The molecule has 3 rings (SSSR count). The SMILES string of the molecule is CN=C(NCCN1CCN(C(C)=O)CC1)N1CCN(Cc2ccon2)CC1. The Morgan fingerprint density at radius 1 is 1.11 bits per heavy atom. The number of piperazine rings is 2. The van der Waals surface area contributed by atoms with Gasteiger partial charge in [-0.05, 0) is 0 Å². The topological polar surface area (TPSA) is 80.5 Å². The van der Waals surface area contributed by atoms with Gasteiger partial charge in [0.25, 0.3) is 0 Å². The number of aromatic nitrogens is 1. The monoisotopic (exact) mass is 377 g/mol. The molecule has 2 saturated heterocycles. The van der Waals surface area contributed by atoms with Crippen molar-refractivity contribution in [1.29, 1.82) is 0 Å². The highest BCUT2D eigenvalue weighted by Gasteiger charge is 2.21. The van der Waals surface area contributed by atoms with E-state index in [-0.39, 0.29) is 5.91 Å². The van der Waals surface area contributed by atoms with Crippen LogP contribution in [0.4, 0.5) is 0 Å². The lowest BCUT2D eigenvalue weighted by molar-refractivity contribution is -0.130. The third kappa shape index (κ3) is 5.67. The molecule has 1 aromatic heterocycles. The van der Waals surface area contributed by atoms with Crippen molar-refractivity contribution in [1.82, 2.24) is 30.1 Å². The Bertz CT molecular complexity index is 603. The van der Waals surface area contributed by atoms with E-state index in [1.54, 1.807) is 13.2 Å². The van der Waals surface area contributed by atoms with E-state index in [0.29, 0.717) is 0 Å². The summed E-state index contributed by atoms with van der Waals surface area (Å²) in [4.78, 5) is 24.9. The molecule has 9 nitrogen and oxygen atoms in total. The number of aliphatic imine (C=N–C) groups is 1. The van der Waals surface area contributed by atoms with Crippen LogP contribution in [0.5, 0.6) is 0 Å². The number of hydrogen-bond donors (Lipinski definition) is 1. The Morgan fingerprint density at radius 3 is 2.37 bits per heavy atom. The minimum Gasteiger partial charge on any atom is -0.364 e. The summed E-state index contributed by atoms with van der Waals surface area (Å²) in [5.74, 6) is 1.15.